The minimum absolute atomic E-state index is 0.110. The molecule has 0 heterocycles. The van der Waals surface area contributed by atoms with Gasteiger partial charge in [-0.15, -0.1) is 0 Å². The standard InChI is InChI=1S/C16H27ClOSi/c1-15(2,3)12-9-10-14(13(17)11-12)18-19(7,8)16(4,5)6/h9-11H,1-8H3. The van der Waals surface area contributed by atoms with Crippen LogP contribution in [0.4, 0.5) is 0 Å². The summed E-state index contributed by atoms with van der Waals surface area (Å²) in [7, 11) is -1.82. The molecule has 108 valence electrons. The van der Waals surface area contributed by atoms with E-state index in [9.17, 15) is 0 Å². The van der Waals surface area contributed by atoms with Gasteiger partial charge >= 0.3 is 0 Å². The maximum Gasteiger partial charge on any atom is 0.250 e. The molecule has 0 fully saturated rings. The van der Waals surface area contributed by atoms with Gasteiger partial charge in [-0.05, 0) is 41.2 Å². The molecular formula is C16H27ClOSi. The van der Waals surface area contributed by atoms with Gasteiger partial charge in [0.15, 0.2) is 0 Å². The number of benzene rings is 1. The van der Waals surface area contributed by atoms with Gasteiger partial charge in [0.25, 0.3) is 8.32 Å². The highest BCUT2D eigenvalue weighted by molar-refractivity contribution is 6.74. The second kappa shape index (κ2) is 5.14. The molecule has 1 rings (SSSR count). The van der Waals surface area contributed by atoms with E-state index in [1.54, 1.807) is 0 Å². The summed E-state index contributed by atoms with van der Waals surface area (Å²) >= 11 is 6.39. The highest BCUT2D eigenvalue weighted by atomic mass is 35.5. The third-order valence-electron chi connectivity index (χ3n) is 3.97. The quantitative estimate of drug-likeness (QED) is 0.606. The lowest BCUT2D eigenvalue weighted by atomic mass is 9.87. The van der Waals surface area contributed by atoms with Gasteiger partial charge in [0.2, 0.25) is 0 Å². The van der Waals surface area contributed by atoms with Gasteiger partial charge in [-0.1, -0.05) is 59.2 Å². The minimum Gasteiger partial charge on any atom is -0.543 e. The van der Waals surface area contributed by atoms with Gasteiger partial charge in [0.05, 0.1) is 5.02 Å². The Morgan fingerprint density at radius 2 is 1.53 bits per heavy atom. The van der Waals surface area contributed by atoms with E-state index >= 15 is 0 Å². The summed E-state index contributed by atoms with van der Waals surface area (Å²) in [5.74, 6) is 0.821. The zero-order chi connectivity index (χ0) is 15.1. The first-order chi connectivity index (χ1) is 8.34. The van der Waals surface area contributed by atoms with Gasteiger partial charge in [-0.2, -0.15) is 0 Å². The maximum absolute atomic E-state index is 6.39. The molecule has 1 nitrogen and oxygen atoms in total. The molecule has 0 N–H and O–H groups in total. The lowest BCUT2D eigenvalue weighted by Crippen LogP contribution is -2.43. The lowest BCUT2D eigenvalue weighted by Gasteiger charge is -2.36. The van der Waals surface area contributed by atoms with E-state index in [-0.39, 0.29) is 10.5 Å². The van der Waals surface area contributed by atoms with Crippen molar-refractivity contribution in [1.29, 1.82) is 0 Å². The van der Waals surface area contributed by atoms with Crippen molar-refractivity contribution in [1.82, 2.24) is 0 Å². The molecule has 0 atom stereocenters. The van der Waals surface area contributed by atoms with Gasteiger partial charge in [-0.25, -0.2) is 0 Å². The topological polar surface area (TPSA) is 9.23 Å². The average Bonchev–Trinajstić information content (AvgIpc) is 2.17. The van der Waals surface area contributed by atoms with Crippen LogP contribution in [0.2, 0.25) is 23.2 Å². The van der Waals surface area contributed by atoms with Crippen LogP contribution in [0.15, 0.2) is 18.2 Å². The number of hydrogen-bond acceptors (Lipinski definition) is 1. The van der Waals surface area contributed by atoms with Crippen molar-refractivity contribution in [3.63, 3.8) is 0 Å². The van der Waals surface area contributed by atoms with Crippen molar-refractivity contribution in [2.45, 2.75) is 65.1 Å². The number of hydrogen-bond donors (Lipinski definition) is 0. The summed E-state index contributed by atoms with van der Waals surface area (Å²) < 4.78 is 6.27. The van der Waals surface area contributed by atoms with Crippen molar-refractivity contribution in [3.05, 3.63) is 28.8 Å². The fourth-order valence-electron chi connectivity index (χ4n) is 1.48. The third-order valence-corrected chi connectivity index (χ3v) is 8.61. The Balaban J connectivity index is 3.06. The van der Waals surface area contributed by atoms with Crippen LogP contribution in [0, 0.1) is 0 Å². The Morgan fingerprint density at radius 3 is 1.89 bits per heavy atom. The van der Waals surface area contributed by atoms with Crippen LogP contribution in [-0.4, -0.2) is 8.32 Å². The molecule has 0 bridgehead atoms. The highest BCUT2D eigenvalue weighted by Gasteiger charge is 2.39. The molecule has 0 aliphatic carbocycles. The minimum atomic E-state index is -1.82. The van der Waals surface area contributed by atoms with Crippen molar-refractivity contribution >= 4 is 19.9 Å². The first-order valence-corrected chi connectivity index (χ1v) is 10.1. The van der Waals surface area contributed by atoms with Gasteiger partial charge in [0.1, 0.15) is 5.75 Å². The molecule has 1 aromatic rings. The smallest absolute Gasteiger partial charge is 0.250 e. The Kier molecular flexibility index (Phi) is 4.48. The SMILES string of the molecule is CC(C)(C)c1ccc(O[Si](C)(C)C(C)(C)C)c(Cl)c1. The summed E-state index contributed by atoms with van der Waals surface area (Å²) in [6.07, 6.45) is 0. The fourth-order valence-corrected chi connectivity index (χ4v) is 2.80. The predicted octanol–water partition coefficient (Wildman–Crippen LogP) is 6.02. The second-order valence-electron chi connectivity index (χ2n) is 7.76. The summed E-state index contributed by atoms with van der Waals surface area (Å²) in [5, 5.41) is 0.899. The highest BCUT2D eigenvalue weighted by Crippen LogP contribution is 2.40. The fraction of sp³-hybridized carbons (Fsp3) is 0.625. The average molecular weight is 299 g/mol. The van der Waals surface area contributed by atoms with E-state index in [0.29, 0.717) is 0 Å². The first kappa shape index (κ1) is 16.6. The Hall–Kier alpha value is -0.473. The molecule has 0 saturated carbocycles. The second-order valence-corrected chi connectivity index (χ2v) is 12.9. The summed E-state index contributed by atoms with van der Waals surface area (Å²) in [6, 6.07) is 6.17. The Morgan fingerprint density at radius 1 is 1.00 bits per heavy atom. The molecule has 0 amide bonds. The third kappa shape index (κ3) is 3.99. The number of halogens is 1. The van der Waals surface area contributed by atoms with Crippen LogP contribution in [0.3, 0.4) is 0 Å². The van der Waals surface area contributed by atoms with E-state index in [0.717, 1.165) is 10.8 Å². The zero-order valence-electron chi connectivity index (χ0n) is 13.5. The van der Waals surface area contributed by atoms with E-state index in [1.807, 2.05) is 12.1 Å². The van der Waals surface area contributed by atoms with E-state index < -0.39 is 8.32 Å². The zero-order valence-corrected chi connectivity index (χ0v) is 15.3. The summed E-state index contributed by atoms with van der Waals surface area (Å²) in [4.78, 5) is 0. The van der Waals surface area contributed by atoms with Crippen LogP contribution in [0.25, 0.3) is 0 Å². The first-order valence-electron chi connectivity index (χ1n) is 6.84. The molecule has 0 radical (unpaired) electrons. The van der Waals surface area contributed by atoms with Crippen molar-refractivity contribution in [2.24, 2.45) is 0 Å². The Bertz CT molecular complexity index is 453. The van der Waals surface area contributed by atoms with Crippen LogP contribution in [-0.2, 0) is 5.41 Å². The van der Waals surface area contributed by atoms with Crippen LogP contribution in [0.5, 0.6) is 5.75 Å². The van der Waals surface area contributed by atoms with E-state index in [1.165, 1.54) is 5.56 Å². The van der Waals surface area contributed by atoms with Crippen LogP contribution in [0.1, 0.15) is 47.1 Å². The molecular weight excluding hydrogens is 272 g/mol. The summed E-state index contributed by atoms with van der Waals surface area (Å²) in [6.45, 7) is 17.7. The predicted molar refractivity (Wildman–Crippen MR) is 88.0 cm³/mol. The molecule has 19 heavy (non-hydrogen) atoms. The van der Waals surface area contributed by atoms with Crippen molar-refractivity contribution < 1.29 is 4.43 Å². The number of rotatable bonds is 2. The molecule has 0 spiro atoms. The van der Waals surface area contributed by atoms with E-state index in [4.69, 9.17) is 16.0 Å². The molecule has 0 unspecified atom stereocenters. The molecule has 3 heteroatoms. The van der Waals surface area contributed by atoms with E-state index in [2.05, 4.69) is 60.7 Å². The molecule has 0 aliphatic rings. The largest absolute Gasteiger partial charge is 0.543 e. The van der Waals surface area contributed by atoms with Crippen LogP contribution >= 0.6 is 11.6 Å². The molecule has 1 aromatic carbocycles. The normalized spacial score (nSPS) is 13.5. The monoisotopic (exact) mass is 298 g/mol. The van der Waals surface area contributed by atoms with Crippen LogP contribution < -0.4 is 4.43 Å². The van der Waals surface area contributed by atoms with Gasteiger partial charge in [-0.3, -0.25) is 0 Å². The van der Waals surface area contributed by atoms with Crippen molar-refractivity contribution in [3.8, 4) is 5.75 Å². The molecule has 0 saturated heterocycles. The maximum atomic E-state index is 6.39. The Labute approximate surface area is 124 Å². The van der Waals surface area contributed by atoms with Gasteiger partial charge in [0, 0.05) is 0 Å². The molecule has 0 aliphatic heterocycles. The van der Waals surface area contributed by atoms with Gasteiger partial charge < -0.3 is 4.43 Å². The lowest BCUT2D eigenvalue weighted by molar-refractivity contribution is 0.491. The molecule has 0 aromatic heterocycles. The van der Waals surface area contributed by atoms with Crippen molar-refractivity contribution in [2.75, 3.05) is 0 Å². The summed E-state index contributed by atoms with van der Waals surface area (Å²) in [5.41, 5.74) is 1.35.